The predicted octanol–water partition coefficient (Wildman–Crippen LogP) is 8.19. The van der Waals surface area contributed by atoms with Crippen LogP contribution < -0.4 is 10.1 Å². The Morgan fingerprint density at radius 3 is 2.34 bits per heavy atom. The first-order valence-electron chi connectivity index (χ1n) is 9.01. The molecule has 0 saturated heterocycles. The van der Waals surface area contributed by atoms with E-state index in [2.05, 4.69) is 21.2 Å². The summed E-state index contributed by atoms with van der Waals surface area (Å²) in [6, 6.07) is 17.2. The van der Waals surface area contributed by atoms with E-state index < -0.39 is 5.91 Å². The summed E-state index contributed by atoms with van der Waals surface area (Å²) < 4.78 is 6.54. The van der Waals surface area contributed by atoms with E-state index in [9.17, 15) is 10.1 Å². The lowest BCUT2D eigenvalue weighted by Crippen LogP contribution is -2.13. The smallest absolute Gasteiger partial charge is 0.266 e. The number of carbonyl (C=O) groups is 1. The Morgan fingerprint density at radius 2 is 1.72 bits per heavy atom. The van der Waals surface area contributed by atoms with Crippen LogP contribution in [0.5, 0.6) is 5.75 Å². The molecule has 0 bridgehead atoms. The standard InChI is InChI=1S/C23H13BrCl4N2O2/c24-16-2-1-3-17(10-16)30-23(31)15(11-29)6-14-8-20(27)22(21(28)9-14)32-12-13-4-5-18(25)19(26)7-13/h1-10H,12H2,(H,30,31)/b15-6-. The number of amides is 1. The number of halogens is 5. The van der Waals surface area contributed by atoms with Crippen LogP contribution in [0.25, 0.3) is 6.08 Å². The van der Waals surface area contributed by atoms with Crippen molar-refractivity contribution in [2.24, 2.45) is 0 Å². The van der Waals surface area contributed by atoms with Crippen LogP contribution in [0.1, 0.15) is 11.1 Å². The fourth-order valence-electron chi connectivity index (χ4n) is 2.67. The molecule has 0 aliphatic carbocycles. The molecule has 4 nitrogen and oxygen atoms in total. The second-order valence-corrected chi connectivity index (χ2v) is 9.03. The molecule has 0 heterocycles. The van der Waals surface area contributed by atoms with E-state index in [1.165, 1.54) is 6.08 Å². The fourth-order valence-corrected chi connectivity index (χ4v) is 4.00. The summed E-state index contributed by atoms with van der Waals surface area (Å²) in [5.74, 6) is -0.286. The normalized spacial score (nSPS) is 11.1. The van der Waals surface area contributed by atoms with E-state index in [1.54, 1.807) is 48.5 Å². The Labute approximate surface area is 213 Å². The van der Waals surface area contributed by atoms with Gasteiger partial charge in [0.05, 0.1) is 20.1 Å². The molecule has 0 radical (unpaired) electrons. The van der Waals surface area contributed by atoms with Crippen molar-refractivity contribution in [3.63, 3.8) is 0 Å². The molecule has 0 unspecified atom stereocenters. The zero-order chi connectivity index (χ0) is 23.3. The summed E-state index contributed by atoms with van der Waals surface area (Å²) in [5.41, 5.74) is 1.70. The first-order chi connectivity index (χ1) is 15.3. The molecule has 0 aliphatic heterocycles. The second-order valence-electron chi connectivity index (χ2n) is 6.49. The molecule has 0 fully saturated rings. The van der Waals surface area contributed by atoms with Crippen molar-refractivity contribution in [1.29, 1.82) is 5.26 Å². The molecule has 0 saturated carbocycles. The number of nitrogens with one attached hydrogen (secondary N) is 1. The monoisotopic (exact) mass is 568 g/mol. The number of ether oxygens (including phenoxy) is 1. The molecule has 3 rings (SSSR count). The van der Waals surface area contributed by atoms with Crippen LogP contribution in [-0.4, -0.2) is 5.91 Å². The quantitative estimate of drug-likeness (QED) is 0.240. The molecule has 0 aliphatic rings. The van der Waals surface area contributed by atoms with E-state index in [0.29, 0.717) is 21.3 Å². The van der Waals surface area contributed by atoms with Gasteiger partial charge in [0.2, 0.25) is 0 Å². The van der Waals surface area contributed by atoms with E-state index in [1.807, 2.05) is 12.1 Å². The highest BCUT2D eigenvalue weighted by Gasteiger charge is 2.13. The number of hydrogen-bond acceptors (Lipinski definition) is 3. The van der Waals surface area contributed by atoms with Crippen LogP contribution in [-0.2, 0) is 11.4 Å². The lowest BCUT2D eigenvalue weighted by molar-refractivity contribution is -0.112. The minimum Gasteiger partial charge on any atom is -0.486 e. The highest BCUT2D eigenvalue weighted by atomic mass is 79.9. The summed E-state index contributed by atoms with van der Waals surface area (Å²) in [5, 5.41) is 13.4. The lowest BCUT2D eigenvalue weighted by Gasteiger charge is -2.12. The van der Waals surface area contributed by atoms with E-state index in [0.717, 1.165) is 10.0 Å². The van der Waals surface area contributed by atoms with Gasteiger partial charge in [0.25, 0.3) is 5.91 Å². The number of rotatable bonds is 6. The van der Waals surface area contributed by atoms with E-state index >= 15 is 0 Å². The SMILES string of the molecule is N#C/C(=C/c1cc(Cl)c(OCc2ccc(Cl)c(Cl)c2)c(Cl)c1)C(=O)Nc1cccc(Br)c1. The average molecular weight is 571 g/mol. The Morgan fingerprint density at radius 1 is 1.00 bits per heavy atom. The molecule has 9 heteroatoms. The Bertz CT molecular complexity index is 1230. The third-order valence-electron chi connectivity index (χ3n) is 4.15. The maximum atomic E-state index is 12.5. The Hall–Kier alpha value is -2.20. The molecule has 3 aromatic rings. The minimum absolute atomic E-state index is 0.110. The summed E-state index contributed by atoms with van der Waals surface area (Å²) in [6.45, 7) is 0.171. The van der Waals surface area contributed by atoms with Crippen molar-refractivity contribution in [2.45, 2.75) is 6.61 Å². The van der Waals surface area contributed by atoms with E-state index in [4.69, 9.17) is 51.1 Å². The number of nitrogens with zero attached hydrogens (tertiary/aromatic N) is 1. The summed E-state index contributed by atoms with van der Waals surface area (Å²) >= 11 is 27.9. The van der Waals surface area contributed by atoms with Crippen molar-refractivity contribution in [3.05, 3.63) is 95.9 Å². The minimum atomic E-state index is -0.558. The third-order valence-corrected chi connectivity index (χ3v) is 5.94. The van der Waals surface area contributed by atoms with Gasteiger partial charge in [0.15, 0.2) is 5.75 Å². The van der Waals surface area contributed by atoms with Gasteiger partial charge in [-0.25, -0.2) is 0 Å². The molecular formula is C23H13BrCl4N2O2. The first-order valence-corrected chi connectivity index (χ1v) is 11.3. The van der Waals surface area contributed by atoms with Gasteiger partial charge in [0, 0.05) is 10.2 Å². The van der Waals surface area contributed by atoms with Crippen molar-refractivity contribution in [2.75, 3.05) is 5.32 Å². The lowest BCUT2D eigenvalue weighted by atomic mass is 10.1. The maximum absolute atomic E-state index is 12.5. The summed E-state index contributed by atoms with van der Waals surface area (Å²) in [4.78, 5) is 12.5. The van der Waals surface area contributed by atoms with Crippen LogP contribution in [0, 0.1) is 11.3 Å². The van der Waals surface area contributed by atoms with Crippen LogP contribution in [0.2, 0.25) is 20.1 Å². The van der Waals surface area contributed by atoms with Crippen molar-refractivity contribution in [1.82, 2.24) is 0 Å². The molecule has 0 aromatic heterocycles. The summed E-state index contributed by atoms with van der Waals surface area (Å²) in [7, 11) is 0. The van der Waals surface area contributed by atoms with Crippen LogP contribution in [0.15, 0.2) is 64.6 Å². The van der Waals surface area contributed by atoms with Gasteiger partial charge < -0.3 is 10.1 Å². The predicted molar refractivity (Wildman–Crippen MR) is 134 cm³/mol. The third kappa shape index (κ3) is 6.41. The molecule has 3 aromatic carbocycles. The first kappa shape index (κ1) is 24.4. The molecule has 1 N–H and O–H groups in total. The Balaban J connectivity index is 1.77. The topological polar surface area (TPSA) is 62.1 Å². The number of carbonyl (C=O) groups excluding carboxylic acids is 1. The molecule has 162 valence electrons. The van der Waals surface area contributed by atoms with Gasteiger partial charge in [-0.1, -0.05) is 74.5 Å². The number of nitriles is 1. The van der Waals surface area contributed by atoms with Gasteiger partial charge in [-0.2, -0.15) is 5.26 Å². The van der Waals surface area contributed by atoms with Gasteiger partial charge in [-0.15, -0.1) is 0 Å². The number of anilines is 1. The summed E-state index contributed by atoms with van der Waals surface area (Å²) in [6.07, 6.45) is 1.40. The largest absolute Gasteiger partial charge is 0.486 e. The van der Waals surface area contributed by atoms with Gasteiger partial charge in [-0.05, 0) is 59.7 Å². The van der Waals surface area contributed by atoms with Crippen molar-refractivity contribution >= 4 is 80.0 Å². The van der Waals surface area contributed by atoms with Crippen LogP contribution in [0.3, 0.4) is 0 Å². The molecule has 1 amide bonds. The van der Waals surface area contributed by atoms with Crippen molar-refractivity contribution < 1.29 is 9.53 Å². The van der Waals surface area contributed by atoms with Gasteiger partial charge in [0.1, 0.15) is 18.2 Å². The van der Waals surface area contributed by atoms with Gasteiger partial charge >= 0.3 is 0 Å². The molecular weight excluding hydrogens is 558 g/mol. The van der Waals surface area contributed by atoms with Crippen LogP contribution in [0.4, 0.5) is 5.69 Å². The molecule has 32 heavy (non-hydrogen) atoms. The van der Waals surface area contributed by atoms with Crippen molar-refractivity contribution in [3.8, 4) is 11.8 Å². The highest BCUT2D eigenvalue weighted by Crippen LogP contribution is 2.36. The fraction of sp³-hybridized carbons (Fsp3) is 0.0435. The zero-order valence-corrected chi connectivity index (χ0v) is 20.7. The van der Waals surface area contributed by atoms with E-state index in [-0.39, 0.29) is 28.0 Å². The Kier molecular flexibility index (Phi) is 8.47. The second kappa shape index (κ2) is 11.1. The number of hydrogen-bond donors (Lipinski definition) is 1. The number of benzene rings is 3. The highest BCUT2D eigenvalue weighted by molar-refractivity contribution is 9.10. The molecule has 0 spiro atoms. The average Bonchev–Trinajstić information content (AvgIpc) is 2.73. The zero-order valence-electron chi connectivity index (χ0n) is 16.1. The maximum Gasteiger partial charge on any atom is 0.266 e. The molecule has 0 atom stereocenters. The van der Waals surface area contributed by atoms with Gasteiger partial charge in [-0.3, -0.25) is 4.79 Å². The van der Waals surface area contributed by atoms with Crippen LogP contribution >= 0.6 is 62.3 Å².